The number of anilines is 1. The highest BCUT2D eigenvalue weighted by Gasteiger charge is 2.35. The number of hydrogen-bond donors (Lipinski definition) is 0. The van der Waals surface area contributed by atoms with E-state index in [1.807, 2.05) is 41.8 Å². The van der Waals surface area contributed by atoms with Gasteiger partial charge in [-0.3, -0.25) is 9.69 Å². The van der Waals surface area contributed by atoms with E-state index in [0.29, 0.717) is 22.5 Å². The number of pyridine rings is 1. The Morgan fingerprint density at radius 1 is 1.21 bits per heavy atom. The standard InChI is InChI=1S/C26H21FN4O2S/c1-15-23(30-13-17(12-28)7-8-24(30)29-15)14-31-22-11-19(18-5-4-6-20(9-18)34-3)10-21(27)25(22)33-16(2)26(31)32/h4-11,13,16H,14H2,1-3H3/t16-/m1/s1. The van der Waals surface area contributed by atoms with E-state index in [9.17, 15) is 10.1 Å². The molecule has 1 amide bonds. The molecule has 170 valence electrons. The fraction of sp³-hybridized carbons (Fsp3) is 0.192. The highest BCUT2D eigenvalue weighted by molar-refractivity contribution is 7.98. The van der Waals surface area contributed by atoms with Gasteiger partial charge in [0.15, 0.2) is 17.7 Å². The highest BCUT2D eigenvalue weighted by Crippen LogP contribution is 2.41. The van der Waals surface area contributed by atoms with Crippen molar-refractivity contribution in [2.45, 2.75) is 31.4 Å². The fourth-order valence-electron chi connectivity index (χ4n) is 4.21. The van der Waals surface area contributed by atoms with E-state index in [0.717, 1.165) is 21.8 Å². The Morgan fingerprint density at radius 2 is 2.03 bits per heavy atom. The number of fused-ring (bicyclic) bond motifs is 2. The molecule has 0 fully saturated rings. The predicted octanol–water partition coefficient (Wildman–Crippen LogP) is 5.36. The number of amides is 1. The summed E-state index contributed by atoms with van der Waals surface area (Å²) in [5, 5.41) is 9.32. The molecule has 2 aromatic heterocycles. The number of imidazole rings is 1. The molecule has 0 N–H and O–H groups in total. The van der Waals surface area contributed by atoms with Crippen LogP contribution in [0.2, 0.25) is 0 Å². The zero-order valence-corrected chi connectivity index (χ0v) is 19.7. The van der Waals surface area contributed by atoms with Crippen LogP contribution in [-0.4, -0.2) is 27.7 Å². The summed E-state index contributed by atoms with van der Waals surface area (Å²) in [7, 11) is 0. The van der Waals surface area contributed by atoms with E-state index in [-0.39, 0.29) is 18.2 Å². The van der Waals surface area contributed by atoms with E-state index >= 15 is 4.39 Å². The topological polar surface area (TPSA) is 70.6 Å². The van der Waals surface area contributed by atoms with Crippen LogP contribution >= 0.6 is 11.8 Å². The van der Waals surface area contributed by atoms with E-state index in [4.69, 9.17) is 4.74 Å². The molecule has 3 heterocycles. The molecule has 8 heteroatoms. The van der Waals surface area contributed by atoms with Crippen molar-refractivity contribution in [1.29, 1.82) is 5.26 Å². The van der Waals surface area contributed by atoms with Crippen LogP contribution in [0.15, 0.2) is 59.6 Å². The third kappa shape index (κ3) is 3.68. The summed E-state index contributed by atoms with van der Waals surface area (Å²) >= 11 is 1.60. The van der Waals surface area contributed by atoms with Crippen molar-refractivity contribution >= 4 is 29.0 Å². The fourth-order valence-corrected chi connectivity index (χ4v) is 4.67. The van der Waals surface area contributed by atoms with Crippen LogP contribution in [0, 0.1) is 24.1 Å². The second-order valence-corrected chi connectivity index (χ2v) is 9.00. The molecule has 0 saturated heterocycles. The molecular weight excluding hydrogens is 451 g/mol. The first-order chi connectivity index (χ1) is 16.4. The van der Waals surface area contributed by atoms with Gasteiger partial charge in [-0.25, -0.2) is 9.37 Å². The molecule has 1 aliphatic heterocycles. The number of ether oxygens (including phenoxy) is 1. The third-order valence-corrected chi connectivity index (χ3v) is 6.71. The molecule has 1 atom stereocenters. The molecular formula is C26H21FN4O2S. The number of rotatable bonds is 4. The van der Waals surface area contributed by atoms with Gasteiger partial charge >= 0.3 is 0 Å². The number of nitriles is 1. The number of benzene rings is 2. The largest absolute Gasteiger partial charge is 0.476 e. The van der Waals surface area contributed by atoms with Gasteiger partial charge in [0, 0.05) is 11.1 Å². The summed E-state index contributed by atoms with van der Waals surface area (Å²) in [5.41, 5.74) is 4.51. The van der Waals surface area contributed by atoms with Crippen molar-refractivity contribution in [3.05, 3.63) is 77.5 Å². The minimum absolute atomic E-state index is 0.0565. The number of aromatic nitrogens is 2. The van der Waals surface area contributed by atoms with Crippen LogP contribution in [0.5, 0.6) is 5.75 Å². The minimum atomic E-state index is -0.832. The molecule has 0 spiro atoms. The minimum Gasteiger partial charge on any atom is -0.476 e. The summed E-state index contributed by atoms with van der Waals surface area (Å²) in [6, 6.07) is 16.7. The second-order valence-electron chi connectivity index (χ2n) is 8.12. The van der Waals surface area contributed by atoms with Crippen LogP contribution in [0.25, 0.3) is 16.8 Å². The average Bonchev–Trinajstić information content (AvgIpc) is 3.16. The number of thioether (sulfide) groups is 1. The maximum atomic E-state index is 15.3. The Hall–Kier alpha value is -3.83. The molecule has 6 nitrogen and oxygen atoms in total. The summed E-state index contributed by atoms with van der Waals surface area (Å²) in [5.74, 6) is -0.734. The first kappa shape index (κ1) is 22.0. The van der Waals surface area contributed by atoms with Crippen LogP contribution < -0.4 is 9.64 Å². The number of aryl methyl sites for hydroxylation is 1. The predicted molar refractivity (Wildman–Crippen MR) is 130 cm³/mol. The molecule has 0 aliphatic carbocycles. The van der Waals surface area contributed by atoms with Crippen molar-refractivity contribution in [2.24, 2.45) is 0 Å². The van der Waals surface area contributed by atoms with Gasteiger partial charge in [-0.15, -0.1) is 11.8 Å². The zero-order chi connectivity index (χ0) is 24.0. The van der Waals surface area contributed by atoms with E-state index in [2.05, 4.69) is 11.1 Å². The normalized spacial score (nSPS) is 15.2. The lowest BCUT2D eigenvalue weighted by molar-refractivity contribution is -0.125. The van der Waals surface area contributed by atoms with Crippen LogP contribution in [0.4, 0.5) is 10.1 Å². The lowest BCUT2D eigenvalue weighted by Gasteiger charge is -2.33. The molecule has 34 heavy (non-hydrogen) atoms. The molecule has 0 radical (unpaired) electrons. The Bertz CT molecular complexity index is 1490. The average molecular weight is 473 g/mol. The molecule has 0 unspecified atom stereocenters. The third-order valence-electron chi connectivity index (χ3n) is 5.98. The zero-order valence-electron chi connectivity index (χ0n) is 18.9. The van der Waals surface area contributed by atoms with Crippen LogP contribution in [-0.2, 0) is 11.3 Å². The van der Waals surface area contributed by atoms with Crippen LogP contribution in [0.1, 0.15) is 23.9 Å². The van der Waals surface area contributed by atoms with E-state index in [1.165, 1.54) is 6.07 Å². The maximum absolute atomic E-state index is 15.3. The first-order valence-corrected chi connectivity index (χ1v) is 12.0. The Balaban J connectivity index is 1.64. The second kappa shape index (κ2) is 8.50. The number of halogens is 1. The van der Waals surface area contributed by atoms with Gasteiger partial charge in [0.25, 0.3) is 5.91 Å². The molecule has 2 aromatic carbocycles. The Labute approximate surface area is 200 Å². The Kier molecular flexibility index (Phi) is 5.50. The monoisotopic (exact) mass is 472 g/mol. The van der Waals surface area contributed by atoms with Gasteiger partial charge in [0.2, 0.25) is 0 Å². The SMILES string of the molecule is CSc1cccc(-c2cc(F)c3c(c2)N(Cc2c(C)nc4ccc(C#N)cn24)C(=O)[C@@H](C)O3)c1. The summed E-state index contributed by atoms with van der Waals surface area (Å²) in [6.07, 6.45) is 2.85. The molecule has 5 rings (SSSR count). The van der Waals surface area contributed by atoms with Gasteiger partial charge in [0.1, 0.15) is 11.7 Å². The quantitative estimate of drug-likeness (QED) is 0.374. The summed E-state index contributed by atoms with van der Waals surface area (Å²) in [6.45, 7) is 3.63. The summed E-state index contributed by atoms with van der Waals surface area (Å²) in [4.78, 5) is 20.4. The number of carbonyl (C=O) groups is 1. The van der Waals surface area contributed by atoms with Crippen LogP contribution in [0.3, 0.4) is 0 Å². The van der Waals surface area contributed by atoms with Gasteiger partial charge in [-0.1, -0.05) is 12.1 Å². The van der Waals surface area contributed by atoms with Crippen molar-refractivity contribution < 1.29 is 13.9 Å². The lowest BCUT2D eigenvalue weighted by Crippen LogP contribution is -2.44. The number of hydrogen-bond acceptors (Lipinski definition) is 5. The van der Waals surface area contributed by atoms with Crippen molar-refractivity contribution in [2.75, 3.05) is 11.2 Å². The van der Waals surface area contributed by atoms with Gasteiger partial charge in [-0.05, 0) is 67.6 Å². The first-order valence-electron chi connectivity index (χ1n) is 10.7. The number of carbonyl (C=O) groups excluding carboxylic acids is 1. The Morgan fingerprint density at radius 3 is 2.79 bits per heavy atom. The van der Waals surface area contributed by atoms with Crippen molar-refractivity contribution in [1.82, 2.24) is 9.38 Å². The summed E-state index contributed by atoms with van der Waals surface area (Å²) < 4.78 is 22.7. The van der Waals surface area contributed by atoms with Crippen molar-refractivity contribution in [3.63, 3.8) is 0 Å². The lowest BCUT2D eigenvalue weighted by atomic mass is 10.0. The molecule has 1 aliphatic rings. The van der Waals surface area contributed by atoms with E-state index < -0.39 is 11.9 Å². The molecule has 4 aromatic rings. The van der Waals surface area contributed by atoms with Gasteiger partial charge in [0.05, 0.1) is 29.2 Å². The smallest absolute Gasteiger partial charge is 0.268 e. The van der Waals surface area contributed by atoms with E-state index in [1.54, 1.807) is 48.0 Å². The number of nitrogens with zero attached hydrogens (tertiary/aromatic N) is 4. The molecule has 0 bridgehead atoms. The van der Waals surface area contributed by atoms with Gasteiger partial charge in [-0.2, -0.15) is 5.26 Å². The van der Waals surface area contributed by atoms with Crippen molar-refractivity contribution in [3.8, 4) is 22.9 Å². The van der Waals surface area contributed by atoms with Gasteiger partial charge < -0.3 is 9.14 Å². The molecule has 0 saturated carbocycles. The maximum Gasteiger partial charge on any atom is 0.268 e. The highest BCUT2D eigenvalue weighted by atomic mass is 32.2.